The van der Waals surface area contributed by atoms with E-state index in [1.165, 1.54) is 0 Å². The van der Waals surface area contributed by atoms with Gasteiger partial charge in [-0.25, -0.2) is 9.97 Å². The Morgan fingerprint density at radius 3 is 3.00 bits per heavy atom. The van der Waals surface area contributed by atoms with E-state index in [2.05, 4.69) is 15.1 Å². The molecule has 2 aromatic heterocycles. The van der Waals surface area contributed by atoms with Crippen LogP contribution in [-0.4, -0.2) is 15.1 Å². The standard InChI is InChI=1S/C11H8N4O/c12-11-13-4-3-9(14-11)7-1-2-10-8(5-7)6-16-15-10/h1-6H,(H2,12,13,14). The van der Waals surface area contributed by atoms with E-state index in [0.29, 0.717) is 0 Å². The van der Waals surface area contributed by atoms with Crippen molar-refractivity contribution in [3.8, 4) is 11.3 Å². The van der Waals surface area contributed by atoms with Crippen LogP contribution in [0.2, 0.25) is 0 Å². The molecule has 0 aliphatic rings. The molecule has 0 radical (unpaired) electrons. The van der Waals surface area contributed by atoms with E-state index in [-0.39, 0.29) is 5.95 Å². The summed E-state index contributed by atoms with van der Waals surface area (Å²) in [5.41, 5.74) is 8.11. The first kappa shape index (κ1) is 8.84. The van der Waals surface area contributed by atoms with Crippen molar-refractivity contribution >= 4 is 16.9 Å². The molecule has 1 aromatic carbocycles. The van der Waals surface area contributed by atoms with Crippen LogP contribution in [0.25, 0.3) is 22.2 Å². The van der Waals surface area contributed by atoms with Crippen molar-refractivity contribution in [2.45, 2.75) is 0 Å². The van der Waals surface area contributed by atoms with Crippen LogP contribution in [-0.2, 0) is 0 Å². The molecule has 3 aromatic rings. The molecule has 16 heavy (non-hydrogen) atoms. The van der Waals surface area contributed by atoms with Gasteiger partial charge in [0, 0.05) is 17.1 Å². The van der Waals surface area contributed by atoms with Gasteiger partial charge in [0.25, 0.3) is 0 Å². The molecule has 0 amide bonds. The van der Waals surface area contributed by atoms with Crippen molar-refractivity contribution in [1.82, 2.24) is 15.1 Å². The van der Waals surface area contributed by atoms with Gasteiger partial charge in [0.15, 0.2) is 0 Å². The molecule has 0 saturated heterocycles. The van der Waals surface area contributed by atoms with Crippen molar-refractivity contribution in [2.24, 2.45) is 0 Å². The Labute approximate surface area is 90.9 Å². The molecular weight excluding hydrogens is 204 g/mol. The number of anilines is 1. The van der Waals surface area contributed by atoms with Crippen molar-refractivity contribution in [2.75, 3.05) is 5.73 Å². The predicted octanol–water partition coefficient (Wildman–Crippen LogP) is 1.87. The molecule has 0 unspecified atom stereocenters. The van der Waals surface area contributed by atoms with Gasteiger partial charge in [-0.3, -0.25) is 0 Å². The number of fused-ring (bicyclic) bond motifs is 1. The third-order valence-corrected chi connectivity index (χ3v) is 2.33. The zero-order valence-electron chi connectivity index (χ0n) is 8.29. The summed E-state index contributed by atoms with van der Waals surface area (Å²) in [6.07, 6.45) is 3.23. The maximum absolute atomic E-state index is 5.54. The second kappa shape index (κ2) is 3.30. The molecule has 2 heterocycles. The molecule has 0 fully saturated rings. The molecule has 0 saturated carbocycles. The quantitative estimate of drug-likeness (QED) is 0.666. The van der Waals surface area contributed by atoms with Gasteiger partial charge < -0.3 is 10.3 Å². The zero-order chi connectivity index (χ0) is 11.0. The van der Waals surface area contributed by atoms with Crippen LogP contribution in [0.4, 0.5) is 5.95 Å². The Balaban J connectivity index is 2.18. The first-order chi connectivity index (χ1) is 7.83. The van der Waals surface area contributed by atoms with E-state index >= 15 is 0 Å². The SMILES string of the molecule is Nc1nccc(-c2ccc3nocc3c2)n1. The monoisotopic (exact) mass is 212 g/mol. The van der Waals surface area contributed by atoms with Gasteiger partial charge in [-0.05, 0) is 18.2 Å². The number of nitrogen functional groups attached to an aromatic ring is 1. The fourth-order valence-electron chi connectivity index (χ4n) is 1.57. The lowest BCUT2D eigenvalue weighted by atomic mass is 10.1. The molecule has 0 atom stereocenters. The van der Waals surface area contributed by atoms with E-state index < -0.39 is 0 Å². The zero-order valence-corrected chi connectivity index (χ0v) is 8.29. The summed E-state index contributed by atoms with van der Waals surface area (Å²) in [7, 11) is 0. The molecule has 3 rings (SSSR count). The lowest BCUT2D eigenvalue weighted by Gasteiger charge is -2.00. The van der Waals surface area contributed by atoms with Crippen LogP contribution in [0.3, 0.4) is 0 Å². The van der Waals surface area contributed by atoms with Crippen molar-refractivity contribution in [1.29, 1.82) is 0 Å². The summed E-state index contributed by atoms with van der Waals surface area (Å²) in [6.45, 7) is 0. The van der Waals surface area contributed by atoms with Crippen molar-refractivity contribution in [3.63, 3.8) is 0 Å². The summed E-state index contributed by atoms with van der Waals surface area (Å²) in [5.74, 6) is 0.267. The van der Waals surface area contributed by atoms with Gasteiger partial charge in [0.05, 0.1) is 5.69 Å². The summed E-state index contributed by atoms with van der Waals surface area (Å²) < 4.78 is 4.87. The van der Waals surface area contributed by atoms with Gasteiger partial charge >= 0.3 is 0 Å². The largest absolute Gasteiger partial charge is 0.368 e. The minimum absolute atomic E-state index is 0.267. The van der Waals surface area contributed by atoms with E-state index in [1.54, 1.807) is 12.5 Å². The first-order valence-corrected chi connectivity index (χ1v) is 4.76. The normalized spacial score (nSPS) is 10.8. The molecule has 0 aliphatic heterocycles. The summed E-state index contributed by atoms with van der Waals surface area (Å²) >= 11 is 0. The number of nitrogens with two attached hydrogens (primary N) is 1. The van der Waals surface area contributed by atoms with E-state index in [9.17, 15) is 0 Å². The van der Waals surface area contributed by atoms with Crippen LogP contribution < -0.4 is 5.73 Å². The Kier molecular flexibility index (Phi) is 1.83. The first-order valence-electron chi connectivity index (χ1n) is 4.76. The van der Waals surface area contributed by atoms with Crippen LogP contribution in [0, 0.1) is 0 Å². The van der Waals surface area contributed by atoms with Crippen LogP contribution in [0.1, 0.15) is 0 Å². The average molecular weight is 212 g/mol. The molecule has 0 spiro atoms. The Morgan fingerprint density at radius 2 is 2.12 bits per heavy atom. The third kappa shape index (κ3) is 1.38. The molecule has 0 bridgehead atoms. The average Bonchev–Trinajstić information content (AvgIpc) is 2.75. The van der Waals surface area contributed by atoms with Crippen LogP contribution in [0.5, 0.6) is 0 Å². The van der Waals surface area contributed by atoms with Gasteiger partial charge in [0.1, 0.15) is 11.8 Å². The van der Waals surface area contributed by atoms with Gasteiger partial charge in [-0.15, -0.1) is 0 Å². The van der Waals surface area contributed by atoms with E-state index in [4.69, 9.17) is 10.3 Å². The number of benzene rings is 1. The summed E-state index contributed by atoms with van der Waals surface area (Å²) in [4.78, 5) is 8.00. The fraction of sp³-hybridized carbons (Fsp3) is 0. The number of aromatic nitrogens is 3. The maximum atomic E-state index is 5.54. The lowest BCUT2D eigenvalue weighted by molar-refractivity contribution is 0.428. The number of hydrogen-bond acceptors (Lipinski definition) is 5. The Hall–Kier alpha value is -2.43. The van der Waals surface area contributed by atoms with E-state index in [0.717, 1.165) is 22.2 Å². The van der Waals surface area contributed by atoms with Gasteiger partial charge in [-0.2, -0.15) is 0 Å². The lowest BCUT2D eigenvalue weighted by Crippen LogP contribution is -1.94. The van der Waals surface area contributed by atoms with Crippen molar-refractivity contribution < 1.29 is 4.52 Å². The summed E-state index contributed by atoms with van der Waals surface area (Å²) in [5, 5.41) is 4.78. The molecule has 2 N–H and O–H groups in total. The van der Waals surface area contributed by atoms with Gasteiger partial charge in [0.2, 0.25) is 5.95 Å². The van der Waals surface area contributed by atoms with Crippen LogP contribution in [0.15, 0.2) is 41.2 Å². The highest BCUT2D eigenvalue weighted by Gasteiger charge is 2.03. The Bertz CT molecular complexity index is 647. The Morgan fingerprint density at radius 1 is 1.19 bits per heavy atom. The number of rotatable bonds is 1. The third-order valence-electron chi connectivity index (χ3n) is 2.33. The maximum Gasteiger partial charge on any atom is 0.220 e. The number of hydrogen-bond donors (Lipinski definition) is 1. The predicted molar refractivity (Wildman–Crippen MR) is 59.4 cm³/mol. The van der Waals surface area contributed by atoms with E-state index in [1.807, 2.05) is 24.3 Å². The van der Waals surface area contributed by atoms with Crippen molar-refractivity contribution in [3.05, 3.63) is 36.7 Å². The minimum Gasteiger partial charge on any atom is -0.368 e. The molecule has 5 nitrogen and oxygen atoms in total. The molecule has 0 aliphatic carbocycles. The smallest absolute Gasteiger partial charge is 0.220 e. The fourth-order valence-corrected chi connectivity index (χ4v) is 1.57. The summed E-state index contributed by atoms with van der Waals surface area (Å²) in [6, 6.07) is 7.57. The number of nitrogens with zero attached hydrogens (tertiary/aromatic N) is 3. The highest BCUT2D eigenvalue weighted by molar-refractivity contribution is 5.82. The second-order valence-corrected chi connectivity index (χ2v) is 3.39. The highest BCUT2D eigenvalue weighted by Crippen LogP contribution is 2.22. The van der Waals surface area contributed by atoms with Crippen LogP contribution >= 0.6 is 0 Å². The molecule has 5 heteroatoms. The minimum atomic E-state index is 0.267. The second-order valence-electron chi connectivity index (χ2n) is 3.39. The highest BCUT2D eigenvalue weighted by atomic mass is 16.5. The topological polar surface area (TPSA) is 77.8 Å². The molecular formula is C11H8N4O. The molecule has 78 valence electrons. The van der Waals surface area contributed by atoms with Gasteiger partial charge in [-0.1, -0.05) is 11.2 Å².